The van der Waals surface area contributed by atoms with E-state index in [2.05, 4.69) is 27.8 Å². The summed E-state index contributed by atoms with van der Waals surface area (Å²) in [6, 6.07) is 13.5. The second kappa shape index (κ2) is 11.1. The van der Waals surface area contributed by atoms with E-state index in [4.69, 9.17) is 9.15 Å². The van der Waals surface area contributed by atoms with E-state index < -0.39 is 0 Å². The van der Waals surface area contributed by atoms with E-state index in [1.165, 1.54) is 32.4 Å². The number of aromatic nitrogens is 1. The maximum Gasteiger partial charge on any atom is 0.240 e. The fourth-order valence-corrected chi connectivity index (χ4v) is 4.09. The summed E-state index contributed by atoms with van der Waals surface area (Å²) in [5.41, 5.74) is 6.80. The zero-order valence-electron chi connectivity index (χ0n) is 19.4. The van der Waals surface area contributed by atoms with Crippen LogP contribution in [0.5, 0.6) is 5.75 Å². The van der Waals surface area contributed by atoms with Gasteiger partial charge in [0.2, 0.25) is 11.8 Å². The van der Waals surface area contributed by atoms with Gasteiger partial charge in [-0.1, -0.05) is 19.4 Å². The average molecular weight is 449 g/mol. The summed E-state index contributed by atoms with van der Waals surface area (Å²) in [6.45, 7) is 7.15. The molecule has 0 radical (unpaired) electrons. The molecule has 3 aromatic rings. The lowest BCUT2D eigenvalue weighted by Crippen LogP contribution is -2.33. The first kappa shape index (κ1) is 23.0. The predicted molar refractivity (Wildman–Crippen MR) is 130 cm³/mol. The minimum atomic E-state index is -0.0378. The first-order chi connectivity index (χ1) is 16.2. The van der Waals surface area contributed by atoms with Gasteiger partial charge < -0.3 is 14.5 Å². The molecule has 174 valence electrons. The molecule has 1 atom stereocenters. The molecular formula is C26H32N4O3. The van der Waals surface area contributed by atoms with Crippen molar-refractivity contribution in [1.82, 2.24) is 15.7 Å². The molecular weight excluding hydrogens is 416 g/mol. The molecule has 0 aliphatic carbocycles. The Kier molecular flexibility index (Phi) is 7.73. The fourth-order valence-electron chi connectivity index (χ4n) is 4.09. The number of fused-ring (bicyclic) bond motifs is 1. The smallest absolute Gasteiger partial charge is 0.240 e. The summed E-state index contributed by atoms with van der Waals surface area (Å²) in [7, 11) is 0. The maximum absolute atomic E-state index is 11.6. The molecule has 0 bridgehead atoms. The Morgan fingerprint density at radius 3 is 2.42 bits per heavy atom. The van der Waals surface area contributed by atoms with E-state index in [1.54, 1.807) is 0 Å². The van der Waals surface area contributed by atoms with Crippen LogP contribution < -0.4 is 15.5 Å². The molecule has 1 fully saturated rings. The zero-order chi connectivity index (χ0) is 23.0. The van der Waals surface area contributed by atoms with Crippen molar-refractivity contribution in [2.75, 3.05) is 19.7 Å². The van der Waals surface area contributed by atoms with Gasteiger partial charge in [0.05, 0.1) is 12.3 Å². The Labute approximate surface area is 194 Å². The summed E-state index contributed by atoms with van der Waals surface area (Å²) in [5, 5.41) is 7.56. The molecule has 3 heterocycles. The lowest BCUT2D eigenvalue weighted by atomic mass is 9.90. The monoisotopic (exact) mass is 448 g/mol. The molecule has 33 heavy (non-hydrogen) atoms. The van der Waals surface area contributed by atoms with E-state index in [0.717, 1.165) is 34.5 Å². The van der Waals surface area contributed by atoms with E-state index in [-0.39, 0.29) is 11.8 Å². The Bertz CT molecular complexity index is 1090. The van der Waals surface area contributed by atoms with Crippen molar-refractivity contribution >= 4 is 22.7 Å². The quantitative estimate of drug-likeness (QED) is 0.579. The highest BCUT2D eigenvalue weighted by molar-refractivity contribution is 6.07. The molecule has 2 N–H and O–H groups in total. The highest BCUT2D eigenvalue weighted by Crippen LogP contribution is 2.28. The van der Waals surface area contributed by atoms with Crippen LogP contribution in [0, 0.1) is 5.92 Å². The van der Waals surface area contributed by atoms with Crippen molar-refractivity contribution in [3.8, 4) is 17.2 Å². The van der Waals surface area contributed by atoms with Crippen molar-refractivity contribution in [1.29, 1.82) is 0 Å². The number of benzene rings is 2. The van der Waals surface area contributed by atoms with Crippen LogP contribution in [0.3, 0.4) is 0 Å². The van der Waals surface area contributed by atoms with Crippen molar-refractivity contribution in [2.24, 2.45) is 11.0 Å². The number of nitrogens with zero attached hydrogens (tertiary/aromatic N) is 2. The topological polar surface area (TPSA) is 88.8 Å². The number of hydrogen-bond acceptors (Lipinski definition) is 6. The van der Waals surface area contributed by atoms with Crippen LogP contribution in [0.25, 0.3) is 22.6 Å². The minimum Gasteiger partial charge on any atom is -0.494 e. The summed E-state index contributed by atoms with van der Waals surface area (Å²) in [6.07, 6.45) is 5.53. The Hall–Kier alpha value is -3.19. The van der Waals surface area contributed by atoms with Crippen LogP contribution in [-0.2, 0) is 4.79 Å². The molecule has 7 nitrogen and oxygen atoms in total. The van der Waals surface area contributed by atoms with Gasteiger partial charge in [-0.25, -0.2) is 10.4 Å². The number of oxazole rings is 1. The van der Waals surface area contributed by atoms with Gasteiger partial charge >= 0.3 is 0 Å². The van der Waals surface area contributed by atoms with E-state index in [0.29, 0.717) is 24.5 Å². The van der Waals surface area contributed by atoms with Crippen LogP contribution in [0.4, 0.5) is 0 Å². The summed E-state index contributed by atoms with van der Waals surface area (Å²) in [4.78, 5) is 16.2. The van der Waals surface area contributed by atoms with Gasteiger partial charge in [-0.05, 0) is 75.7 Å². The highest BCUT2D eigenvalue weighted by Gasteiger charge is 2.24. The molecule has 1 unspecified atom stereocenters. The number of ether oxygens (including phenoxy) is 1. The fraction of sp³-hybridized carbons (Fsp3) is 0.423. The first-order valence-electron chi connectivity index (χ1n) is 11.9. The number of hydrazone groups is 1. The van der Waals surface area contributed by atoms with E-state index in [1.807, 2.05) is 49.4 Å². The Morgan fingerprint density at radius 2 is 1.79 bits per heavy atom. The third kappa shape index (κ3) is 5.79. The molecule has 1 aromatic heterocycles. The molecule has 2 aliphatic rings. The molecule has 0 saturated carbocycles. The molecule has 5 rings (SSSR count). The predicted octanol–water partition coefficient (Wildman–Crippen LogP) is 4.90. The Balaban J connectivity index is 0.000000376. The van der Waals surface area contributed by atoms with Gasteiger partial charge in [0.25, 0.3) is 0 Å². The highest BCUT2D eigenvalue weighted by atomic mass is 16.5. The van der Waals surface area contributed by atoms with Crippen LogP contribution in [0.1, 0.15) is 51.5 Å². The number of nitrogens with one attached hydrogen (secondary N) is 2. The molecule has 1 saturated heterocycles. The van der Waals surface area contributed by atoms with Crippen molar-refractivity contribution in [2.45, 2.75) is 46.0 Å². The van der Waals surface area contributed by atoms with Gasteiger partial charge in [0.1, 0.15) is 11.3 Å². The van der Waals surface area contributed by atoms with Gasteiger partial charge in [-0.15, -0.1) is 0 Å². The largest absolute Gasteiger partial charge is 0.494 e. The van der Waals surface area contributed by atoms with Crippen LogP contribution in [0.2, 0.25) is 0 Å². The second-order valence-corrected chi connectivity index (χ2v) is 8.31. The van der Waals surface area contributed by atoms with E-state index in [9.17, 15) is 4.79 Å². The number of piperidine rings is 1. The minimum absolute atomic E-state index is 0.0378. The van der Waals surface area contributed by atoms with Gasteiger partial charge in [0.15, 0.2) is 5.58 Å². The van der Waals surface area contributed by atoms with Crippen LogP contribution >= 0.6 is 0 Å². The average Bonchev–Trinajstić information content (AvgIpc) is 3.29. The first-order valence-corrected chi connectivity index (χ1v) is 11.9. The molecule has 7 heteroatoms. The van der Waals surface area contributed by atoms with Crippen molar-refractivity contribution < 1.29 is 13.9 Å². The number of hydrogen-bond donors (Lipinski definition) is 2. The molecule has 2 aliphatic heterocycles. The van der Waals surface area contributed by atoms with Gasteiger partial charge in [-0.2, -0.15) is 5.10 Å². The maximum atomic E-state index is 11.6. The van der Waals surface area contributed by atoms with Gasteiger partial charge in [-0.3, -0.25) is 4.79 Å². The van der Waals surface area contributed by atoms with Crippen LogP contribution in [0.15, 0.2) is 52.0 Å². The number of amides is 1. The molecule has 1 amide bonds. The number of carbonyl (C=O) groups is 1. The van der Waals surface area contributed by atoms with Crippen molar-refractivity contribution in [3.63, 3.8) is 0 Å². The zero-order valence-corrected chi connectivity index (χ0v) is 19.4. The lowest BCUT2D eigenvalue weighted by Gasteiger charge is -2.21. The lowest BCUT2D eigenvalue weighted by molar-refractivity contribution is -0.122. The third-order valence-electron chi connectivity index (χ3n) is 5.92. The summed E-state index contributed by atoms with van der Waals surface area (Å²) in [5.74, 6) is 1.47. The van der Waals surface area contributed by atoms with Crippen LogP contribution in [-0.4, -0.2) is 36.3 Å². The number of rotatable bonds is 5. The normalized spacial score (nSPS) is 18.2. The third-order valence-corrected chi connectivity index (χ3v) is 5.92. The van der Waals surface area contributed by atoms with Crippen molar-refractivity contribution in [3.05, 3.63) is 48.0 Å². The molecule has 0 spiro atoms. The SMILES string of the molecule is C1CCNCC1.CCOc1ccc(-c2nc3ccc(C4=NNC(=O)CC4CC)cc3o2)cc1. The number of carbonyl (C=O) groups excluding carboxylic acids is 1. The second-order valence-electron chi connectivity index (χ2n) is 8.31. The summed E-state index contributed by atoms with van der Waals surface area (Å²) < 4.78 is 11.5. The summed E-state index contributed by atoms with van der Waals surface area (Å²) >= 11 is 0. The molecule has 2 aromatic carbocycles. The van der Waals surface area contributed by atoms with Gasteiger partial charge in [0, 0.05) is 23.5 Å². The Morgan fingerprint density at radius 1 is 1.03 bits per heavy atom. The standard InChI is InChI=1S/C21H21N3O3.C5H11N/c1-3-13-12-19(25)23-24-20(13)15-7-10-17-18(11-15)27-21(22-17)14-5-8-16(9-6-14)26-4-2;1-2-4-6-5-3-1/h5-11,13H,3-4,12H2,1-2H3,(H,23,25);6H,1-5H2. The van der Waals surface area contributed by atoms with E-state index >= 15 is 0 Å².